The molecule has 0 amide bonds. The number of thiazole rings is 1. The second-order valence-electron chi connectivity index (χ2n) is 6.63. The fourth-order valence-electron chi connectivity index (χ4n) is 2.85. The number of benzene rings is 1. The van der Waals surface area contributed by atoms with E-state index in [1.807, 2.05) is 18.6 Å². The lowest BCUT2D eigenvalue weighted by Crippen LogP contribution is -2.34. The first-order chi connectivity index (χ1) is 13.3. The van der Waals surface area contributed by atoms with E-state index in [4.69, 9.17) is 5.73 Å². The van der Waals surface area contributed by atoms with Gasteiger partial charge in [0.05, 0.1) is 0 Å². The Hall–Kier alpha value is -1.51. The molecule has 2 rings (SSSR count). The van der Waals surface area contributed by atoms with Crippen LogP contribution in [0.15, 0.2) is 35.8 Å². The Morgan fingerprint density at radius 2 is 1.85 bits per heavy atom. The van der Waals surface area contributed by atoms with Gasteiger partial charge in [-0.1, -0.05) is 24.3 Å². The zero-order valence-electron chi connectivity index (χ0n) is 16.4. The summed E-state index contributed by atoms with van der Waals surface area (Å²) in [5.41, 5.74) is 8.33. The second kappa shape index (κ2) is 13.6. The van der Waals surface area contributed by atoms with E-state index in [1.165, 1.54) is 11.1 Å². The Kier molecular flexibility index (Phi) is 11.0. The Balaban J connectivity index is 1.75. The molecule has 0 saturated carbocycles. The Morgan fingerprint density at radius 1 is 1.04 bits per heavy atom. The molecule has 0 unspecified atom stereocenters. The average molecular weight is 391 g/mol. The van der Waals surface area contributed by atoms with E-state index in [9.17, 15) is 0 Å². The molecule has 0 aliphatic rings. The van der Waals surface area contributed by atoms with E-state index >= 15 is 0 Å². The van der Waals surface area contributed by atoms with Gasteiger partial charge in [-0.3, -0.25) is 4.90 Å². The summed E-state index contributed by atoms with van der Waals surface area (Å²) >= 11 is 1.63. The first-order valence-electron chi connectivity index (χ1n) is 9.80. The van der Waals surface area contributed by atoms with E-state index < -0.39 is 0 Å². The van der Waals surface area contributed by atoms with Gasteiger partial charge in [0.25, 0.3) is 0 Å². The Labute approximate surface area is 167 Å². The molecule has 0 spiro atoms. The van der Waals surface area contributed by atoms with Gasteiger partial charge in [0, 0.05) is 37.8 Å². The van der Waals surface area contributed by atoms with Crippen LogP contribution < -0.4 is 21.7 Å². The summed E-state index contributed by atoms with van der Waals surface area (Å²) in [4.78, 5) is 6.74. The van der Waals surface area contributed by atoms with Crippen molar-refractivity contribution in [1.82, 2.24) is 20.5 Å². The normalized spacial score (nSPS) is 11.2. The van der Waals surface area contributed by atoms with Crippen molar-refractivity contribution in [2.75, 3.05) is 51.6 Å². The van der Waals surface area contributed by atoms with Gasteiger partial charge in [-0.05, 0) is 57.2 Å². The first kappa shape index (κ1) is 21.8. The molecule has 150 valence electrons. The third-order valence-electron chi connectivity index (χ3n) is 4.37. The lowest BCUT2D eigenvalue weighted by molar-refractivity contribution is 0.263. The third kappa shape index (κ3) is 9.30. The van der Waals surface area contributed by atoms with Crippen LogP contribution in [0, 0.1) is 0 Å². The van der Waals surface area contributed by atoms with Crippen molar-refractivity contribution in [3.05, 3.63) is 47.0 Å². The highest BCUT2D eigenvalue weighted by atomic mass is 32.1. The fourth-order valence-corrected chi connectivity index (χ4v) is 3.37. The summed E-state index contributed by atoms with van der Waals surface area (Å²) in [6.45, 7) is 7.76. The standard InChI is InChI=1S/C20H34N6S/c1-22-9-3-10-23-11-14-26(13-2-8-21)17-19-6-4-18(5-7-19)16-25-20-24-12-15-27-20/h4-7,12,15,22-23H,2-3,8-11,13-14,16-17,21H2,1H3,(H,24,25). The van der Waals surface area contributed by atoms with Crippen molar-refractivity contribution >= 4 is 16.5 Å². The van der Waals surface area contributed by atoms with E-state index in [0.717, 1.165) is 70.3 Å². The molecule has 0 saturated heterocycles. The largest absolute Gasteiger partial charge is 0.357 e. The summed E-state index contributed by atoms with van der Waals surface area (Å²) in [5.74, 6) is 0. The molecule has 0 aliphatic heterocycles. The highest BCUT2D eigenvalue weighted by molar-refractivity contribution is 7.13. The second-order valence-corrected chi connectivity index (χ2v) is 7.53. The minimum absolute atomic E-state index is 0.744. The van der Waals surface area contributed by atoms with Crippen molar-refractivity contribution in [3.63, 3.8) is 0 Å². The zero-order chi connectivity index (χ0) is 19.2. The summed E-state index contributed by atoms with van der Waals surface area (Å²) in [6.07, 6.45) is 4.02. The predicted molar refractivity (Wildman–Crippen MR) is 116 cm³/mol. The van der Waals surface area contributed by atoms with Gasteiger partial charge in [0.2, 0.25) is 0 Å². The number of hydrogen-bond acceptors (Lipinski definition) is 7. The SMILES string of the molecule is CNCCCNCCN(CCCN)Cc1ccc(CNc2nccs2)cc1. The van der Waals surface area contributed by atoms with Gasteiger partial charge < -0.3 is 21.7 Å². The number of nitrogens with zero attached hydrogens (tertiary/aromatic N) is 2. The summed E-state index contributed by atoms with van der Waals surface area (Å²) in [7, 11) is 2.00. The predicted octanol–water partition coefficient (Wildman–Crippen LogP) is 2.11. The maximum atomic E-state index is 5.71. The molecule has 1 heterocycles. The van der Waals surface area contributed by atoms with Crippen LogP contribution in [0.1, 0.15) is 24.0 Å². The molecule has 0 aliphatic carbocycles. The number of nitrogens with one attached hydrogen (secondary N) is 3. The van der Waals surface area contributed by atoms with E-state index in [-0.39, 0.29) is 0 Å². The molecular weight excluding hydrogens is 356 g/mol. The molecule has 1 aromatic heterocycles. The molecule has 27 heavy (non-hydrogen) atoms. The van der Waals surface area contributed by atoms with Crippen molar-refractivity contribution in [1.29, 1.82) is 0 Å². The fraction of sp³-hybridized carbons (Fsp3) is 0.550. The van der Waals surface area contributed by atoms with Crippen LogP contribution in [0.2, 0.25) is 0 Å². The molecule has 0 atom stereocenters. The first-order valence-corrected chi connectivity index (χ1v) is 10.7. The van der Waals surface area contributed by atoms with Crippen molar-refractivity contribution in [2.45, 2.75) is 25.9 Å². The van der Waals surface area contributed by atoms with E-state index in [0.29, 0.717) is 0 Å². The monoisotopic (exact) mass is 390 g/mol. The lowest BCUT2D eigenvalue weighted by Gasteiger charge is -2.22. The van der Waals surface area contributed by atoms with E-state index in [2.05, 4.69) is 50.1 Å². The van der Waals surface area contributed by atoms with Crippen LogP contribution in [0.3, 0.4) is 0 Å². The van der Waals surface area contributed by atoms with E-state index in [1.54, 1.807) is 11.3 Å². The number of nitrogens with two attached hydrogens (primary N) is 1. The number of anilines is 1. The van der Waals surface area contributed by atoms with Crippen molar-refractivity contribution in [3.8, 4) is 0 Å². The molecule has 5 N–H and O–H groups in total. The molecule has 2 aromatic rings. The summed E-state index contributed by atoms with van der Waals surface area (Å²) in [5, 5.41) is 13.0. The van der Waals surface area contributed by atoms with Gasteiger partial charge >= 0.3 is 0 Å². The highest BCUT2D eigenvalue weighted by Crippen LogP contribution is 2.13. The summed E-state index contributed by atoms with van der Waals surface area (Å²) < 4.78 is 0. The van der Waals surface area contributed by atoms with Crippen LogP contribution >= 0.6 is 11.3 Å². The molecule has 0 fully saturated rings. The number of rotatable bonds is 15. The quantitative estimate of drug-likeness (QED) is 0.349. The molecule has 6 nitrogen and oxygen atoms in total. The van der Waals surface area contributed by atoms with Gasteiger partial charge in [0.15, 0.2) is 5.13 Å². The smallest absolute Gasteiger partial charge is 0.182 e. The molecular formula is C20H34N6S. The number of aromatic nitrogens is 1. The lowest BCUT2D eigenvalue weighted by atomic mass is 10.1. The maximum absolute atomic E-state index is 5.71. The average Bonchev–Trinajstić information content (AvgIpc) is 3.21. The molecule has 1 aromatic carbocycles. The van der Waals surface area contributed by atoms with Gasteiger partial charge in [-0.2, -0.15) is 0 Å². The highest BCUT2D eigenvalue weighted by Gasteiger charge is 2.06. The van der Waals surface area contributed by atoms with Crippen molar-refractivity contribution < 1.29 is 0 Å². The van der Waals surface area contributed by atoms with Crippen LogP contribution in [0.4, 0.5) is 5.13 Å². The van der Waals surface area contributed by atoms with Crippen LogP contribution in [0.25, 0.3) is 0 Å². The molecule has 0 radical (unpaired) electrons. The topological polar surface area (TPSA) is 78.2 Å². The van der Waals surface area contributed by atoms with Gasteiger partial charge in [0.1, 0.15) is 0 Å². The maximum Gasteiger partial charge on any atom is 0.182 e. The number of hydrogen-bond donors (Lipinski definition) is 4. The van der Waals surface area contributed by atoms with Crippen LogP contribution in [-0.2, 0) is 13.1 Å². The zero-order valence-corrected chi connectivity index (χ0v) is 17.2. The minimum atomic E-state index is 0.744. The molecule has 7 heteroatoms. The molecule has 0 bridgehead atoms. The Bertz CT molecular complexity index is 587. The van der Waals surface area contributed by atoms with Crippen LogP contribution in [-0.4, -0.2) is 56.2 Å². The van der Waals surface area contributed by atoms with Crippen LogP contribution in [0.5, 0.6) is 0 Å². The summed E-state index contributed by atoms with van der Waals surface area (Å²) in [6, 6.07) is 8.86. The minimum Gasteiger partial charge on any atom is -0.357 e. The third-order valence-corrected chi connectivity index (χ3v) is 5.10. The Morgan fingerprint density at radius 3 is 2.56 bits per heavy atom. The van der Waals surface area contributed by atoms with Gasteiger partial charge in [-0.25, -0.2) is 4.98 Å². The van der Waals surface area contributed by atoms with Crippen molar-refractivity contribution in [2.24, 2.45) is 5.73 Å². The van der Waals surface area contributed by atoms with Gasteiger partial charge in [-0.15, -0.1) is 11.3 Å².